The number of rotatable bonds is 0. The first-order valence-electron chi connectivity index (χ1n) is 2.01. The van der Waals surface area contributed by atoms with E-state index in [-0.39, 0.29) is 20.4 Å². The highest BCUT2D eigenvalue weighted by Crippen LogP contribution is 2.35. The van der Waals surface area contributed by atoms with E-state index in [0.717, 1.165) is 0 Å². The van der Waals surface area contributed by atoms with Crippen molar-refractivity contribution >= 4 is 46.4 Å². The molecule has 0 saturated carbocycles. The Morgan fingerprint density at radius 3 is 1.22 bits per heavy atom. The first-order valence-corrected chi connectivity index (χ1v) is 3.52. The van der Waals surface area contributed by atoms with Crippen molar-refractivity contribution in [2.75, 3.05) is 0 Å². The molecule has 1 nitrogen and oxygen atoms in total. The van der Waals surface area contributed by atoms with E-state index in [1.165, 1.54) is 0 Å². The minimum Gasteiger partial charge on any atom is -0.334 e. The number of aromatic amines is 1. The van der Waals surface area contributed by atoms with Gasteiger partial charge < -0.3 is 4.98 Å². The van der Waals surface area contributed by atoms with E-state index < -0.39 is 0 Å². The van der Waals surface area contributed by atoms with E-state index in [0.29, 0.717) is 0 Å². The van der Waals surface area contributed by atoms with Gasteiger partial charge in [0.05, 0.1) is 10.0 Å². The minimum absolute atomic E-state index is 0.267. The van der Waals surface area contributed by atoms with Crippen LogP contribution in [0.4, 0.5) is 0 Å². The topological polar surface area (TPSA) is 15.8 Å². The molecule has 0 aliphatic heterocycles. The molecule has 1 N–H and O–H groups in total. The van der Waals surface area contributed by atoms with Gasteiger partial charge in [-0.3, -0.25) is 0 Å². The van der Waals surface area contributed by atoms with Crippen molar-refractivity contribution in [3.8, 4) is 0 Å². The van der Waals surface area contributed by atoms with Crippen molar-refractivity contribution in [1.82, 2.24) is 4.98 Å². The fourth-order valence-corrected chi connectivity index (χ4v) is 1.21. The summed E-state index contributed by atoms with van der Waals surface area (Å²) in [6.07, 6.45) is 0. The van der Waals surface area contributed by atoms with Gasteiger partial charge in [-0.2, -0.15) is 0 Å². The Bertz CT molecular complexity index is 206. The van der Waals surface area contributed by atoms with Gasteiger partial charge in [0.15, 0.2) is 0 Å². The summed E-state index contributed by atoms with van der Waals surface area (Å²) >= 11 is 22.0. The molecule has 0 aliphatic rings. The van der Waals surface area contributed by atoms with Crippen LogP contribution in [0, 0.1) is 0 Å². The number of nitrogens with one attached hydrogen (secondary N) is 1. The highest BCUT2D eigenvalue weighted by Gasteiger charge is 2.09. The summed E-state index contributed by atoms with van der Waals surface area (Å²) in [5, 5.41) is 1.07. The van der Waals surface area contributed by atoms with Crippen LogP contribution in [0.3, 0.4) is 0 Å². The third-order valence-electron chi connectivity index (χ3n) is 0.798. The third kappa shape index (κ3) is 1.30. The second kappa shape index (κ2) is 2.59. The van der Waals surface area contributed by atoms with Crippen LogP contribution in [0.25, 0.3) is 0 Å². The summed E-state index contributed by atoms with van der Waals surface area (Å²) < 4.78 is 0. The van der Waals surface area contributed by atoms with Gasteiger partial charge in [-0.15, -0.1) is 0 Å². The molecular formula is C4HCl4N. The predicted molar refractivity (Wildman–Crippen MR) is 40.8 cm³/mol. The summed E-state index contributed by atoms with van der Waals surface area (Å²) in [5.74, 6) is 0. The maximum absolute atomic E-state index is 5.52. The molecule has 0 aliphatic carbocycles. The third-order valence-corrected chi connectivity index (χ3v) is 2.41. The highest BCUT2D eigenvalue weighted by atomic mass is 35.5. The van der Waals surface area contributed by atoms with Gasteiger partial charge in [0.2, 0.25) is 0 Å². The average Bonchev–Trinajstić information content (AvgIpc) is 1.98. The molecule has 9 heavy (non-hydrogen) atoms. The molecule has 0 atom stereocenters. The molecule has 0 amide bonds. The first kappa shape index (κ1) is 7.55. The van der Waals surface area contributed by atoms with Crippen LogP contribution in [-0.4, -0.2) is 4.98 Å². The van der Waals surface area contributed by atoms with Crippen LogP contribution >= 0.6 is 46.4 Å². The van der Waals surface area contributed by atoms with Crippen molar-refractivity contribution < 1.29 is 0 Å². The molecule has 0 fully saturated rings. The Kier molecular flexibility index (Phi) is 2.17. The van der Waals surface area contributed by atoms with Crippen LogP contribution in [0.5, 0.6) is 0 Å². The summed E-state index contributed by atoms with van der Waals surface area (Å²) in [6.45, 7) is 0. The molecule has 0 radical (unpaired) electrons. The first-order chi connectivity index (χ1) is 4.13. The van der Waals surface area contributed by atoms with Gasteiger partial charge in [0.25, 0.3) is 0 Å². The SMILES string of the molecule is Clc1[nH]c(Cl)c(Cl)c1Cl. The van der Waals surface area contributed by atoms with Gasteiger partial charge in [0, 0.05) is 0 Å². The van der Waals surface area contributed by atoms with E-state index in [1.807, 2.05) is 0 Å². The van der Waals surface area contributed by atoms with Crippen molar-refractivity contribution in [3.63, 3.8) is 0 Å². The fourth-order valence-electron chi connectivity index (χ4n) is 0.399. The van der Waals surface area contributed by atoms with Crippen molar-refractivity contribution in [2.24, 2.45) is 0 Å². The molecule has 0 saturated heterocycles. The van der Waals surface area contributed by atoms with E-state index in [9.17, 15) is 0 Å². The van der Waals surface area contributed by atoms with Crippen molar-refractivity contribution in [3.05, 3.63) is 20.4 Å². The highest BCUT2D eigenvalue weighted by molar-refractivity contribution is 6.51. The average molecular weight is 205 g/mol. The Hall–Kier alpha value is 0.440. The van der Waals surface area contributed by atoms with Crippen LogP contribution in [0.1, 0.15) is 0 Å². The summed E-state index contributed by atoms with van der Waals surface area (Å²) in [7, 11) is 0. The van der Waals surface area contributed by atoms with E-state index in [4.69, 9.17) is 46.4 Å². The number of hydrogen-bond acceptors (Lipinski definition) is 0. The van der Waals surface area contributed by atoms with Gasteiger partial charge in [0.1, 0.15) is 10.3 Å². The lowest BCUT2D eigenvalue weighted by molar-refractivity contribution is 1.41. The van der Waals surface area contributed by atoms with Gasteiger partial charge in [-0.1, -0.05) is 46.4 Å². The summed E-state index contributed by atoms with van der Waals surface area (Å²) in [6, 6.07) is 0. The second-order valence-corrected chi connectivity index (χ2v) is 2.89. The van der Waals surface area contributed by atoms with E-state index in [1.54, 1.807) is 0 Å². The number of aromatic nitrogens is 1. The monoisotopic (exact) mass is 203 g/mol. The molecule has 1 rings (SSSR count). The normalized spacial score (nSPS) is 10.2. The van der Waals surface area contributed by atoms with Crippen LogP contribution in [0.15, 0.2) is 0 Å². The van der Waals surface area contributed by atoms with Crippen LogP contribution in [0.2, 0.25) is 20.4 Å². The zero-order valence-corrected chi connectivity index (χ0v) is 7.04. The summed E-state index contributed by atoms with van der Waals surface area (Å²) in [5.41, 5.74) is 0. The van der Waals surface area contributed by atoms with Gasteiger partial charge >= 0.3 is 0 Å². The second-order valence-electron chi connectivity index (χ2n) is 1.38. The Balaban J connectivity index is 3.29. The quantitative estimate of drug-likeness (QED) is 0.665. The molecule has 50 valence electrons. The molecule has 5 heteroatoms. The van der Waals surface area contributed by atoms with Crippen molar-refractivity contribution in [2.45, 2.75) is 0 Å². The van der Waals surface area contributed by atoms with E-state index in [2.05, 4.69) is 4.98 Å². The fraction of sp³-hybridized carbons (Fsp3) is 0. The van der Waals surface area contributed by atoms with Crippen LogP contribution < -0.4 is 0 Å². The molecule has 1 aromatic heterocycles. The molecule has 1 aromatic rings. The lowest BCUT2D eigenvalue weighted by atomic mass is 10.7. The standard InChI is InChI=1S/C4HCl4N/c5-1-2(6)4(8)9-3(1)7/h9H. The number of halogens is 4. The van der Waals surface area contributed by atoms with Gasteiger partial charge in [-0.25, -0.2) is 0 Å². The Labute approximate surface area is 71.9 Å². The molecule has 0 bridgehead atoms. The smallest absolute Gasteiger partial charge is 0.127 e. The Morgan fingerprint density at radius 2 is 1.11 bits per heavy atom. The minimum atomic E-state index is 0.267. The van der Waals surface area contributed by atoms with E-state index >= 15 is 0 Å². The largest absolute Gasteiger partial charge is 0.334 e. The van der Waals surface area contributed by atoms with Gasteiger partial charge in [-0.05, 0) is 0 Å². The molecular weight excluding hydrogens is 204 g/mol. The zero-order valence-electron chi connectivity index (χ0n) is 4.01. The van der Waals surface area contributed by atoms with Crippen molar-refractivity contribution in [1.29, 1.82) is 0 Å². The number of hydrogen-bond donors (Lipinski definition) is 1. The van der Waals surface area contributed by atoms with Crippen LogP contribution in [-0.2, 0) is 0 Å². The molecule has 1 heterocycles. The maximum Gasteiger partial charge on any atom is 0.127 e. The Morgan fingerprint density at radius 1 is 0.778 bits per heavy atom. The summed E-state index contributed by atoms with van der Waals surface area (Å²) in [4.78, 5) is 2.54. The lowest BCUT2D eigenvalue weighted by Crippen LogP contribution is -1.57. The number of H-pyrrole nitrogens is 1. The molecule has 0 spiro atoms. The predicted octanol–water partition coefficient (Wildman–Crippen LogP) is 3.63. The molecule has 0 aromatic carbocycles. The maximum atomic E-state index is 5.52. The lowest BCUT2D eigenvalue weighted by Gasteiger charge is -1.80. The molecule has 0 unspecified atom stereocenters. The zero-order chi connectivity index (χ0) is 7.02.